The SMILES string of the molecule is Cc1cccc(C)c1CNC(C)(C)CNC(=O)OC(C)(C)C. The van der Waals surface area contributed by atoms with Gasteiger partial charge in [-0.05, 0) is 65.2 Å². The van der Waals surface area contributed by atoms with Crippen molar-refractivity contribution in [3.8, 4) is 0 Å². The van der Waals surface area contributed by atoms with Gasteiger partial charge in [-0.1, -0.05) is 18.2 Å². The predicted molar refractivity (Wildman–Crippen MR) is 91.1 cm³/mol. The Morgan fingerprint density at radius 3 is 2.14 bits per heavy atom. The number of hydrogen-bond donors (Lipinski definition) is 2. The Bertz CT molecular complexity index is 496. The van der Waals surface area contributed by atoms with E-state index < -0.39 is 5.60 Å². The van der Waals surface area contributed by atoms with Crippen molar-refractivity contribution in [2.45, 2.75) is 66.2 Å². The second-order valence-corrected chi connectivity index (χ2v) is 7.46. The largest absolute Gasteiger partial charge is 0.444 e. The minimum atomic E-state index is -0.472. The van der Waals surface area contributed by atoms with Crippen LogP contribution in [0.4, 0.5) is 4.79 Å². The number of benzene rings is 1. The summed E-state index contributed by atoms with van der Waals surface area (Å²) in [5, 5.41) is 6.33. The van der Waals surface area contributed by atoms with Crippen molar-refractivity contribution in [1.82, 2.24) is 10.6 Å². The molecule has 0 aliphatic heterocycles. The van der Waals surface area contributed by atoms with Crippen LogP contribution in [0.15, 0.2) is 18.2 Å². The van der Waals surface area contributed by atoms with Crippen LogP contribution >= 0.6 is 0 Å². The molecule has 0 atom stereocenters. The molecule has 0 heterocycles. The molecule has 0 aliphatic carbocycles. The summed E-state index contributed by atoms with van der Waals surface area (Å²) in [5.74, 6) is 0. The third-order valence-electron chi connectivity index (χ3n) is 3.46. The molecule has 0 spiro atoms. The van der Waals surface area contributed by atoms with Crippen LogP contribution in [0.5, 0.6) is 0 Å². The van der Waals surface area contributed by atoms with Crippen LogP contribution < -0.4 is 10.6 Å². The molecule has 0 fully saturated rings. The second kappa shape index (κ2) is 7.14. The van der Waals surface area contributed by atoms with Crippen LogP contribution in [0, 0.1) is 13.8 Å². The van der Waals surface area contributed by atoms with E-state index >= 15 is 0 Å². The Labute approximate surface area is 134 Å². The van der Waals surface area contributed by atoms with Gasteiger partial charge in [0, 0.05) is 18.6 Å². The van der Waals surface area contributed by atoms with Gasteiger partial charge in [-0.25, -0.2) is 4.79 Å². The van der Waals surface area contributed by atoms with Gasteiger partial charge in [0.1, 0.15) is 5.60 Å². The molecule has 0 saturated carbocycles. The maximum atomic E-state index is 11.7. The lowest BCUT2D eigenvalue weighted by Crippen LogP contribution is -2.49. The van der Waals surface area contributed by atoms with E-state index in [1.54, 1.807) is 0 Å². The summed E-state index contributed by atoms with van der Waals surface area (Å²) < 4.78 is 5.26. The van der Waals surface area contributed by atoms with Crippen molar-refractivity contribution in [3.05, 3.63) is 34.9 Å². The third kappa shape index (κ3) is 6.48. The number of alkyl carbamates (subject to hydrolysis) is 1. The van der Waals surface area contributed by atoms with Crippen LogP contribution in [0.3, 0.4) is 0 Å². The highest BCUT2D eigenvalue weighted by Gasteiger charge is 2.21. The molecule has 4 nitrogen and oxygen atoms in total. The van der Waals surface area contributed by atoms with Crippen LogP contribution in [0.1, 0.15) is 51.3 Å². The van der Waals surface area contributed by atoms with Gasteiger partial charge in [0.25, 0.3) is 0 Å². The topological polar surface area (TPSA) is 50.4 Å². The van der Waals surface area contributed by atoms with Crippen LogP contribution in [0.25, 0.3) is 0 Å². The van der Waals surface area contributed by atoms with Gasteiger partial charge < -0.3 is 15.4 Å². The average Bonchev–Trinajstić information content (AvgIpc) is 2.34. The Balaban J connectivity index is 2.52. The molecule has 0 bridgehead atoms. The highest BCUT2D eigenvalue weighted by Crippen LogP contribution is 2.14. The van der Waals surface area contributed by atoms with Gasteiger partial charge >= 0.3 is 6.09 Å². The highest BCUT2D eigenvalue weighted by atomic mass is 16.6. The standard InChI is InChI=1S/C18H30N2O2/c1-13-9-8-10-14(2)15(13)11-20-18(6,7)12-19-16(21)22-17(3,4)5/h8-10,20H,11-12H2,1-7H3,(H,19,21). The zero-order valence-corrected chi connectivity index (χ0v) is 15.0. The molecule has 4 heteroatoms. The molecular formula is C18H30N2O2. The Morgan fingerprint density at radius 1 is 1.09 bits per heavy atom. The van der Waals surface area contributed by atoms with Gasteiger partial charge in [-0.2, -0.15) is 0 Å². The molecule has 1 amide bonds. The summed E-state index contributed by atoms with van der Waals surface area (Å²) in [6, 6.07) is 6.31. The van der Waals surface area contributed by atoms with Crippen molar-refractivity contribution in [2.24, 2.45) is 0 Å². The van der Waals surface area contributed by atoms with Crippen molar-refractivity contribution < 1.29 is 9.53 Å². The number of nitrogens with one attached hydrogen (secondary N) is 2. The molecule has 0 radical (unpaired) electrons. The lowest BCUT2D eigenvalue weighted by atomic mass is 10.0. The van der Waals surface area contributed by atoms with E-state index in [0.717, 1.165) is 6.54 Å². The molecule has 22 heavy (non-hydrogen) atoms. The monoisotopic (exact) mass is 306 g/mol. The first-order valence-electron chi connectivity index (χ1n) is 7.77. The number of amides is 1. The predicted octanol–water partition coefficient (Wildman–Crippen LogP) is 3.70. The minimum Gasteiger partial charge on any atom is -0.444 e. The van der Waals surface area contributed by atoms with E-state index in [0.29, 0.717) is 6.54 Å². The van der Waals surface area contributed by atoms with Crippen molar-refractivity contribution in [3.63, 3.8) is 0 Å². The first-order chi connectivity index (χ1) is 10.0. The fourth-order valence-corrected chi connectivity index (χ4v) is 2.13. The van der Waals surface area contributed by atoms with Gasteiger partial charge in [-0.15, -0.1) is 0 Å². The molecule has 0 unspecified atom stereocenters. The number of ether oxygens (including phenoxy) is 1. The average molecular weight is 306 g/mol. The Morgan fingerprint density at radius 2 is 1.64 bits per heavy atom. The van der Waals surface area contributed by atoms with Gasteiger partial charge in [-0.3, -0.25) is 0 Å². The lowest BCUT2D eigenvalue weighted by Gasteiger charge is -2.28. The second-order valence-electron chi connectivity index (χ2n) is 7.46. The molecule has 2 N–H and O–H groups in total. The molecule has 0 aliphatic rings. The van der Waals surface area contributed by atoms with Gasteiger partial charge in [0.05, 0.1) is 0 Å². The number of aryl methyl sites for hydroxylation is 2. The summed E-state index contributed by atoms with van der Waals surface area (Å²) in [6.45, 7) is 15.2. The van der Waals surface area contributed by atoms with E-state index in [9.17, 15) is 4.79 Å². The van der Waals surface area contributed by atoms with E-state index in [-0.39, 0.29) is 11.6 Å². The van der Waals surface area contributed by atoms with Crippen molar-refractivity contribution in [2.75, 3.05) is 6.54 Å². The van der Waals surface area contributed by atoms with Crippen molar-refractivity contribution in [1.29, 1.82) is 0 Å². The van der Waals surface area contributed by atoms with E-state index in [4.69, 9.17) is 4.74 Å². The van der Waals surface area contributed by atoms with E-state index in [1.807, 2.05) is 20.8 Å². The van der Waals surface area contributed by atoms with E-state index in [2.05, 4.69) is 56.5 Å². The Kier molecular flexibility index (Phi) is 6.00. The summed E-state index contributed by atoms with van der Waals surface area (Å²) in [5.41, 5.74) is 3.19. The molecule has 124 valence electrons. The lowest BCUT2D eigenvalue weighted by molar-refractivity contribution is 0.0513. The molecular weight excluding hydrogens is 276 g/mol. The molecule has 1 rings (SSSR count). The fraction of sp³-hybridized carbons (Fsp3) is 0.611. The Hall–Kier alpha value is -1.55. The summed E-state index contributed by atoms with van der Waals surface area (Å²) in [7, 11) is 0. The van der Waals surface area contributed by atoms with Gasteiger partial charge in [0.15, 0.2) is 0 Å². The van der Waals surface area contributed by atoms with Crippen molar-refractivity contribution >= 4 is 6.09 Å². The van der Waals surface area contributed by atoms with Crippen LogP contribution in [0.2, 0.25) is 0 Å². The summed E-state index contributed by atoms with van der Waals surface area (Å²) >= 11 is 0. The number of carbonyl (C=O) groups excluding carboxylic acids is 1. The molecule has 1 aromatic rings. The minimum absolute atomic E-state index is 0.217. The maximum Gasteiger partial charge on any atom is 0.407 e. The molecule has 0 aromatic heterocycles. The zero-order chi connectivity index (χ0) is 17.0. The smallest absolute Gasteiger partial charge is 0.407 e. The van der Waals surface area contributed by atoms with Crippen LogP contribution in [-0.2, 0) is 11.3 Å². The molecule has 0 saturated heterocycles. The first-order valence-corrected chi connectivity index (χ1v) is 7.77. The number of rotatable bonds is 5. The van der Waals surface area contributed by atoms with E-state index in [1.165, 1.54) is 16.7 Å². The zero-order valence-electron chi connectivity index (χ0n) is 15.0. The normalized spacial score (nSPS) is 12.1. The van der Waals surface area contributed by atoms with Gasteiger partial charge in [0.2, 0.25) is 0 Å². The maximum absolute atomic E-state index is 11.7. The highest BCUT2D eigenvalue weighted by molar-refractivity contribution is 5.67. The van der Waals surface area contributed by atoms with Crippen LogP contribution in [-0.4, -0.2) is 23.8 Å². The first kappa shape index (κ1) is 18.5. The number of hydrogen-bond acceptors (Lipinski definition) is 3. The fourth-order valence-electron chi connectivity index (χ4n) is 2.13. The summed E-state index contributed by atoms with van der Waals surface area (Å²) in [6.07, 6.45) is -0.380. The summed E-state index contributed by atoms with van der Waals surface area (Å²) in [4.78, 5) is 11.7. The quantitative estimate of drug-likeness (QED) is 0.872. The number of carbonyl (C=O) groups is 1. The molecule has 1 aromatic carbocycles. The third-order valence-corrected chi connectivity index (χ3v) is 3.46.